The number of hydrogen-bond acceptors (Lipinski definition) is 2. The van der Waals surface area contributed by atoms with E-state index >= 15 is 0 Å². The molecule has 0 aliphatic heterocycles. The number of hydrogen-bond donors (Lipinski definition) is 1. The fourth-order valence-electron chi connectivity index (χ4n) is 2.10. The largest absolute Gasteiger partial charge is 0.497 e. The Bertz CT molecular complexity index is 685. The second-order valence-corrected chi connectivity index (χ2v) is 4.70. The van der Waals surface area contributed by atoms with E-state index in [9.17, 15) is 4.79 Å². The summed E-state index contributed by atoms with van der Waals surface area (Å²) in [7, 11) is 1.64. The highest BCUT2D eigenvalue weighted by molar-refractivity contribution is 5.81. The van der Waals surface area contributed by atoms with Gasteiger partial charge in [0.15, 0.2) is 0 Å². The van der Waals surface area contributed by atoms with Crippen LogP contribution in [-0.4, -0.2) is 18.2 Å². The molecule has 0 fully saturated rings. The van der Waals surface area contributed by atoms with Crippen molar-refractivity contribution in [1.82, 2.24) is 0 Å². The van der Waals surface area contributed by atoms with Crippen LogP contribution in [0.15, 0.2) is 72.8 Å². The van der Waals surface area contributed by atoms with Gasteiger partial charge in [-0.2, -0.15) is 0 Å². The van der Waals surface area contributed by atoms with E-state index in [0.717, 1.165) is 22.4 Å². The third-order valence-electron chi connectivity index (χ3n) is 3.16. The first kappa shape index (κ1) is 15.6. The molecular formula is C19H18O3. The molecule has 0 unspecified atom stereocenters. The molecule has 0 radical (unpaired) electrons. The fraction of sp³-hybridized carbons (Fsp3) is 0.105. The summed E-state index contributed by atoms with van der Waals surface area (Å²) in [4.78, 5) is 10.6. The van der Waals surface area contributed by atoms with Crippen molar-refractivity contribution in [1.29, 1.82) is 0 Å². The maximum absolute atomic E-state index is 10.6. The molecule has 112 valence electrons. The molecule has 0 bridgehead atoms. The van der Waals surface area contributed by atoms with Crippen LogP contribution in [0.25, 0.3) is 5.57 Å². The zero-order chi connectivity index (χ0) is 15.8. The van der Waals surface area contributed by atoms with Crippen molar-refractivity contribution in [3.05, 3.63) is 84.0 Å². The monoisotopic (exact) mass is 294 g/mol. The van der Waals surface area contributed by atoms with Crippen LogP contribution in [0.2, 0.25) is 0 Å². The number of ether oxygens (including phenoxy) is 1. The van der Waals surface area contributed by atoms with Gasteiger partial charge >= 0.3 is 5.97 Å². The van der Waals surface area contributed by atoms with E-state index in [1.54, 1.807) is 19.3 Å². The molecule has 0 aromatic heterocycles. The first-order valence-electron chi connectivity index (χ1n) is 6.99. The number of carboxylic acid groups (broad SMARTS) is 1. The second-order valence-electron chi connectivity index (χ2n) is 4.70. The summed E-state index contributed by atoms with van der Waals surface area (Å²) in [5.41, 5.74) is 3.10. The lowest BCUT2D eigenvalue weighted by atomic mass is 9.97. The quantitative estimate of drug-likeness (QED) is 0.814. The van der Waals surface area contributed by atoms with E-state index in [2.05, 4.69) is 0 Å². The molecule has 0 saturated carbocycles. The summed E-state index contributed by atoms with van der Waals surface area (Å²) >= 11 is 0. The maximum atomic E-state index is 10.6. The third-order valence-corrected chi connectivity index (χ3v) is 3.16. The van der Waals surface area contributed by atoms with Crippen LogP contribution < -0.4 is 4.74 Å². The Morgan fingerprint density at radius 3 is 2.50 bits per heavy atom. The van der Waals surface area contributed by atoms with Crippen LogP contribution in [0.4, 0.5) is 0 Å². The molecule has 0 aliphatic carbocycles. The topological polar surface area (TPSA) is 46.5 Å². The average Bonchev–Trinajstić information content (AvgIpc) is 2.55. The van der Waals surface area contributed by atoms with Crippen LogP contribution in [0.3, 0.4) is 0 Å². The van der Waals surface area contributed by atoms with Crippen molar-refractivity contribution < 1.29 is 14.6 Å². The molecule has 22 heavy (non-hydrogen) atoms. The van der Waals surface area contributed by atoms with E-state index < -0.39 is 5.97 Å². The Labute approximate surface area is 130 Å². The highest BCUT2D eigenvalue weighted by Gasteiger charge is 2.05. The van der Waals surface area contributed by atoms with E-state index in [4.69, 9.17) is 9.84 Å². The van der Waals surface area contributed by atoms with Gasteiger partial charge < -0.3 is 9.84 Å². The highest BCUT2D eigenvalue weighted by atomic mass is 16.5. The zero-order valence-electron chi connectivity index (χ0n) is 12.4. The van der Waals surface area contributed by atoms with Crippen molar-refractivity contribution in [2.45, 2.75) is 6.42 Å². The molecule has 2 aromatic carbocycles. The summed E-state index contributed by atoms with van der Waals surface area (Å²) in [5, 5.41) is 8.69. The first-order chi connectivity index (χ1) is 10.7. The van der Waals surface area contributed by atoms with Gasteiger partial charge in [-0.05, 0) is 28.8 Å². The van der Waals surface area contributed by atoms with Gasteiger partial charge in [0, 0.05) is 0 Å². The van der Waals surface area contributed by atoms with Gasteiger partial charge in [-0.25, -0.2) is 0 Å². The van der Waals surface area contributed by atoms with E-state index in [0.29, 0.717) is 0 Å². The molecule has 0 heterocycles. The van der Waals surface area contributed by atoms with Crippen molar-refractivity contribution in [3.8, 4) is 5.75 Å². The fourth-order valence-corrected chi connectivity index (χ4v) is 2.10. The van der Waals surface area contributed by atoms with E-state index in [1.807, 2.05) is 60.7 Å². The Morgan fingerprint density at radius 1 is 1.09 bits per heavy atom. The van der Waals surface area contributed by atoms with Crippen LogP contribution in [0.1, 0.15) is 17.5 Å². The van der Waals surface area contributed by atoms with Crippen LogP contribution in [-0.2, 0) is 4.79 Å². The molecule has 1 N–H and O–H groups in total. The molecule has 0 spiro atoms. The van der Waals surface area contributed by atoms with Gasteiger partial charge in [-0.1, -0.05) is 60.7 Å². The van der Waals surface area contributed by atoms with Crippen LogP contribution >= 0.6 is 0 Å². The predicted molar refractivity (Wildman–Crippen MR) is 87.9 cm³/mol. The molecule has 0 aliphatic rings. The second kappa shape index (κ2) is 7.84. The minimum Gasteiger partial charge on any atom is -0.497 e. The number of carbonyl (C=O) groups is 1. The van der Waals surface area contributed by atoms with Crippen LogP contribution in [0, 0.1) is 0 Å². The van der Waals surface area contributed by atoms with Crippen molar-refractivity contribution >= 4 is 11.5 Å². The maximum Gasteiger partial charge on any atom is 0.307 e. The van der Waals surface area contributed by atoms with Gasteiger partial charge in [0.25, 0.3) is 0 Å². The molecule has 3 heteroatoms. The van der Waals surface area contributed by atoms with Gasteiger partial charge in [-0.15, -0.1) is 0 Å². The minimum atomic E-state index is -0.840. The molecule has 0 atom stereocenters. The SMILES string of the molecule is COc1cccc(/C(=C\C=C\CC(=O)O)c2ccccc2)c1. The van der Waals surface area contributed by atoms with Gasteiger partial charge in [0.1, 0.15) is 5.75 Å². The summed E-state index contributed by atoms with van der Waals surface area (Å²) in [6.45, 7) is 0. The van der Waals surface area contributed by atoms with Crippen molar-refractivity contribution in [3.63, 3.8) is 0 Å². The number of methoxy groups -OCH3 is 1. The molecule has 3 nitrogen and oxygen atoms in total. The lowest BCUT2D eigenvalue weighted by Crippen LogP contribution is -1.91. The van der Waals surface area contributed by atoms with Crippen molar-refractivity contribution in [2.24, 2.45) is 0 Å². The molecule has 2 rings (SSSR count). The molecule has 0 saturated heterocycles. The summed E-state index contributed by atoms with van der Waals surface area (Å²) < 4.78 is 5.28. The lowest BCUT2D eigenvalue weighted by molar-refractivity contribution is -0.136. The standard InChI is InChI=1S/C19H18O3/c1-22-17-11-7-10-16(14-17)18(12-5-6-13-19(20)21)15-8-3-2-4-9-15/h2-12,14H,13H2,1H3,(H,20,21)/b6-5+,18-12-. The summed E-state index contributed by atoms with van der Waals surface area (Å²) in [6.07, 6.45) is 5.34. The first-order valence-corrected chi connectivity index (χ1v) is 6.99. The highest BCUT2D eigenvalue weighted by Crippen LogP contribution is 2.26. The number of rotatable bonds is 6. The number of benzene rings is 2. The molecular weight excluding hydrogens is 276 g/mol. The average molecular weight is 294 g/mol. The van der Waals surface area contributed by atoms with Gasteiger partial charge in [0.05, 0.1) is 13.5 Å². The number of aliphatic carboxylic acids is 1. The predicted octanol–water partition coefficient (Wildman–Crippen LogP) is 4.16. The summed E-state index contributed by atoms with van der Waals surface area (Å²) in [6, 6.07) is 17.8. The van der Waals surface area contributed by atoms with Gasteiger partial charge in [-0.3, -0.25) is 4.79 Å². The third kappa shape index (κ3) is 4.35. The normalized spacial score (nSPS) is 11.6. The Hall–Kier alpha value is -2.81. The Morgan fingerprint density at radius 2 is 1.82 bits per heavy atom. The lowest BCUT2D eigenvalue weighted by Gasteiger charge is -2.09. The van der Waals surface area contributed by atoms with Crippen LogP contribution in [0.5, 0.6) is 5.75 Å². The van der Waals surface area contributed by atoms with E-state index in [-0.39, 0.29) is 6.42 Å². The number of carboxylic acids is 1. The Kier molecular flexibility index (Phi) is 5.55. The van der Waals surface area contributed by atoms with Crippen molar-refractivity contribution in [2.75, 3.05) is 7.11 Å². The van der Waals surface area contributed by atoms with Gasteiger partial charge in [0.2, 0.25) is 0 Å². The number of allylic oxidation sites excluding steroid dienone is 2. The molecule has 0 amide bonds. The smallest absolute Gasteiger partial charge is 0.307 e. The Balaban J connectivity index is 2.39. The molecule has 2 aromatic rings. The summed E-state index contributed by atoms with van der Waals surface area (Å²) in [5.74, 6) is -0.0545. The minimum absolute atomic E-state index is 0.0106. The van der Waals surface area contributed by atoms with E-state index in [1.165, 1.54) is 0 Å². The zero-order valence-corrected chi connectivity index (χ0v) is 12.4.